The number of carbonyl (C=O) groups excluding carboxylic acids is 2. The van der Waals surface area contributed by atoms with Crippen LogP contribution in [-0.2, 0) is 19.1 Å². The minimum atomic E-state index is -1.53. The van der Waals surface area contributed by atoms with Crippen molar-refractivity contribution in [2.45, 2.75) is 12.8 Å². The van der Waals surface area contributed by atoms with Crippen molar-refractivity contribution in [1.29, 1.82) is 0 Å². The lowest BCUT2D eigenvalue weighted by Crippen LogP contribution is -2.41. The Morgan fingerprint density at radius 2 is 1.37 bits per heavy atom. The van der Waals surface area contributed by atoms with Crippen LogP contribution in [0.3, 0.4) is 0 Å². The van der Waals surface area contributed by atoms with Gasteiger partial charge in [0.25, 0.3) is 0 Å². The van der Waals surface area contributed by atoms with E-state index in [4.69, 9.17) is 22.3 Å². The van der Waals surface area contributed by atoms with Crippen molar-refractivity contribution in [2.75, 3.05) is 13.2 Å². The molecule has 4 heteroatoms. The molecule has 100 valence electrons. The van der Waals surface area contributed by atoms with E-state index in [-0.39, 0.29) is 26.1 Å². The summed E-state index contributed by atoms with van der Waals surface area (Å²) in [6, 6.07) is 0. The zero-order chi connectivity index (χ0) is 14.7. The lowest BCUT2D eigenvalue weighted by atomic mass is 9.81. The number of ether oxygens (including phenoxy) is 2. The molecule has 19 heavy (non-hydrogen) atoms. The molecule has 0 saturated heterocycles. The van der Waals surface area contributed by atoms with Gasteiger partial charge in [-0.05, 0) is 12.8 Å². The summed E-state index contributed by atoms with van der Waals surface area (Å²) < 4.78 is 9.68. The van der Waals surface area contributed by atoms with Gasteiger partial charge in [0.15, 0.2) is 18.6 Å². The Morgan fingerprint density at radius 3 is 1.63 bits per heavy atom. The highest BCUT2D eigenvalue weighted by atomic mass is 16.6. The van der Waals surface area contributed by atoms with Gasteiger partial charge in [-0.2, -0.15) is 0 Å². The number of hydrogen-bond acceptors (Lipinski definition) is 4. The van der Waals surface area contributed by atoms with E-state index < -0.39 is 17.4 Å². The number of allylic oxidation sites excluding steroid dienone is 2. The Labute approximate surface area is 113 Å². The summed E-state index contributed by atoms with van der Waals surface area (Å²) in [5.74, 6) is 2.77. The molecule has 0 aromatic carbocycles. The lowest BCUT2D eigenvalue weighted by molar-refractivity contribution is -0.170. The fourth-order valence-corrected chi connectivity index (χ4v) is 1.48. The van der Waals surface area contributed by atoms with Crippen LogP contribution in [0.5, 0.6) is 0 Å². The minimum absolute atomic E-state index is 0.0474. The summed E-state index contributed by atoms with van der Waals surface area (Å²) in [7, 11) is 0. The van der Waals surface area contributed by atoms with Gasteiger partial charge in [0, 0.05) is 0 Å². The van der Waals surface area contributed by atoms with Crippen molar-refractivity contribution >= 4 is 11.9 Å². The Hall–Kier alpha value is -2.46. The van der Waals surface area contributed by atoms with Crippen molar-refractivity contribution in [3.8, 4) is 24.7 Å². The first kappa shape index (κ1) is 16.5. The third kappa shape index (κ3) is 4.37. The van der Waals surface area contributed by atoms with Crippen LogP contribution in [0.4, 0.5) is 0 Å². The van der Waals surface area contributed by atoms with Crippen molar-refractivity contribution < 1.29 is 19.1 Å². The maximum Gasteiger partial charge on any atom is 0.325 e. The molecule has 0 spiro atoms. The molecule has 0 fully saturated rings. The highest BCUT2D eigenvalue weighted by molar-refractivity contribution is 6.00. The number of carbonyl (C=O) groups is 2. The molecule has 4 nitrogen and oxygen atoms in total. The van der Waals surface area contributed by atoms with E-state index in [9.17, 15) is 9.59 Å². The molecule has 0 saturated carbocycles. The van der Waals surface area contributed by atoms with Crippen LogP contribution in [0.2, 0.25) is 0 Å². The van der Waals surface area contributed by atoms with E-state index in [2.05, 4.69) is 25.0 Å². The zero-order valence-corrected chi connectivity index (χ0v) is 10.7. The average Bonchev–Trinajstić information content (AvgIpc) is 2.41. The first-order valence-corrected chi connectivity index (χ1v) is 5.52. The summed E-state index contributed by atoms with van der Waals surface area (Å²) in [6.07, 6.45) is 13.0. The van der Waals surface area contributed by atoms with Gasteiger partial charge in [-0.15, -0.1) is 26.0 Å². The predicted octanol–water partition coefficient (Wildman–Crippen LogP) is 1.48. The highest BCUT2D eigenvalue weighted by Crippen LogP contribution is 2.31. The third-order valence-corrected chi connectivity index (χ3v) is 2.34. The molecule has 0 bridgehead atoms. The van der Waals surface area contributed by atoms with Gasteiger partial charge in [-0.25, -0.2) is 0 Å². The molecule has 0 rings (SSSR count). The van der Waals surface area contributed by atoms with E-state index >= 15 is 0 Å². The first-order chi connectivity index (χ1) is 9.08. The SMILES string of the molecule is C#CCOC(=O)C(CC=C)(CC=C)C(=O)OCC#C. The number of hydrogen-bond donors (Lipinski definition) is 0. The number of rotatable bonds is 8. The van der Waals surface area contributed by atoms with Crippen LogP contribution in [-0.4, -0.2) is 25.2 Å². The largest absolute Gasteiger partial charge is 0.452 e. The molecule has 0 N–H and O–H groups in total. The topological polar surface area (TPSA) is 52.6 Å². The molecule has 0 amide bonds. The van der Waals surface area contributed by atoms with Gasteiger partial charge in [-0.3, -0.25) is 9.59 Å². The number of terminal acetylenes is 2. The van der Waals surface area contributed by atoms with Gasteiger partial charge < -0.3 is 9.47 Å². The van der Waals surface area contributed by atoms with Crippen LogP contribution in [0.15, 0.2) is 25.3 Å². The standard InChI is InChI=1S/C15H16O4/c1-5-9-15(10-6-2,13(16)18-11-7-3)14(17)19-12-8-4/h3-6H,1-2,9-12H2. The Bertz CT molecular complexity index is 392. The number of esters is 2. The summed E-state index contributed by atoms with van der Waals surface area (Å²) in [5, 5.41) is 0. The van der Waals surface area contributed by atoms with Crippen molar-refractivity contribution in [3.05, 3.63) is 25.3 Å². The highest BCUT2D eigenvalue weighted by Gasteiger charge is 2.47. The van der Waals surface area contributed by atoms with Crippen LogP contribution in [0, 0.1) is 30.1 Å². The van der Waals surface area contributed by atoms with Crippen molar-refractivity contribution in [3.63, 3.8) is 0 Å². The molecule has 0 atom stereocenters. The first-order valence-electron chi connectivity index (χ1n) is 5.52. The molecular weight excluding hydrogens is 244 g/mol. The molecule has 0 aliphatic rings. The molecule has 0 aliphatic heterocycles. The second-order valence-corrected chi connectivity index (χ2v) is 3.63. The monoisotopic (exact) mass is 260 g/mol. The van der Waals surface area contributed by atoms with Crippen molar-refractivity contribution in [2.24, 2.45) is 5.41 Å². The maximum absolute atomic E-state index is 12.0. The predicted molar refractivity (Wildman–Crippen MR) is 71.6 cm³/mol. The van der Waals surface area contributed by atoms with Crippen molar-refractivity contribution in [1.82, 2.24) is 0 Å². The molecule has 0 unspecified atom stereocenters. The van der Waals surface area contributed by atoms with E-state index in [0.29, 0.717) is 0 Å². The van der Waals surface area contributed by atoms with E-state index in [1.807, 2.05) is 0 Å². The summed E-state index contributed by atoms with van der Waals surface area (Å²) in [4.78, 5) is 24.1. The second-order valence-electron chi connectivity index (χ2n) is 3.63. The molecule has 0 radical (unpaired) electrons. The molecule has 0 heterocycles. The van der Waals surface area contributed by atoms with Crippen LogP contribution < -0.4 is 0 Å². The molecule has 0 aromatic heterocycles. The fourth-order valence-electron chi connectivity index (χ4n) is 1.48. The summed E-state index contributed by atoms with van der Waals surface area (Å²) >= 11 is 0. The van der Waals surface area contributed by atoms with E-state index in [0.717, 1.165) is 0 Å². The Kier molecular flexibility index (Phi) is 7.49. The quantitative estimate of drug-likeness (QED) is 0.287. The lowest BCUT2D eigenvalue weighted by Gasteiger charge is -2.26. The van der Waals surface area contributed by atoms with Gasteiger partial charge in [-0.1, -0.05) is 24.0 Å². The fraction of sp³-hybridized carbons (Fsp3) is 0.333. The van der Waals surface area contributed by atoms with Gasteiger partial charge in [0.05, 0.1) is 0 Å². The third-order valence-electron chi connectivity index (χ3n) is 2.34. The second kappa shape index (κ2) is 8.60. The van der Waals surface area contributed by atoms with Gasteiger partial charge in [0.1, 0.15) is 0 Å². The van der Waals surface area contributed by atoms with Crippen LogP contribution in [0.1, 0.15) is 12.8 Å². The van der Waals surface area contributed by atoms with Crippen LogP contribution in [0.25, 0.3) is 0 Å². The van der Waals surface area contributed by atoms with Gasteiger partial charge in [0.2, 0.25) is 0 Å². The molecule has 0 aromatic rings. The maximum atomic E-state index is 12.0. The molecular formula is C15H16O4. The van der Waals surface area contributed by atoms with E-state index in [1.165, 1.54) is 12.2 Å². The summed E-state index contributed by atoms with van der Waals surface area (Å²) in [5.41, 5.74) is -1.53. The smallest absolute Gasteiger partial charge is 0.325 e. The Morgan fingerprint density at radius 1 is 1.00 bits per heavy atom. The van der Waals surface area contributed by atoms with Gasteiger partial charge >= 0.3 is 11.9 Å². The Balaban J connectivity index is 5.28. The summed E-state index contributed by atoms with van der Waals surface area (Å²) in [6.45, 7) is 6.60. The van der Waals surface area contributed by atoms with E-state index in [1.54, 1.807) is 0 Å². The average molecular weight is 260 g/mol. The van der Waals surface area contributed by atoms with Crippen LogP contribution >= 0.6 is 0 Å². The normalized spacial score (nSPS) is 9.58. The minimum Gasteiger partial charge on any atom is -0.452 e. The zero-order valence-electron chi connectivity index (χ0n) is 10.7. The molecule has 0 aliphatic carbocycles.